The zero-order valence-electron chi connectivity index (χ0n) is 6.73. The summed E-state index contributed by atoms with van der Waals surface area (Å²) in [6.45, 7) is 0.784. The maximum atomic E-state index is 11.6. The fraction of sp³-hybridized carbons (Fsp3) is 1.00. The van der Waals surface area contributed by atoms with E-state index in [9.17, 15) is 4.57 Å². The molecule has 66 valence electrons. The van der Waals surface area contributed by atoms with Crippen LogP contribution in [-0.4, -0.2) is 48.4 Å². The number of rotatable bonds is 3. The molecule has 1 rings (SSSR count). The first-order valence-electron chi connectivity index (χ1n) is 3.40. The average molecular weight is 180 g/mol. The smallest absolute Gasteiger partial charge is 0.348 e. The largest absolute Gasteiger partial charge is 0.395 e. The number of hydrogen-bond donors (Lipinski definition) is 1. The number of aliphatic hydroxyl groups is 1. The van der Waals surface area contributed by atoms with Gasteiger partial charge in [-0.15, -0.1) is 0 Å². The van der Waals surface area contributed by atoms with E-state index in [1.54, 1.807) is 18.8 Å². The normalized spacial score (nSPS) is 32.4. The van der Waals surface area contributed by atoms with Crippen molar-refractivity contribution >= 4 is 7.67 Å². The van der Waals surface area contributed by atoms with Crippen molar-refractivity contribution in [3.05, 3.63) is 0 Å². The standard InChI is InChI=1S/C5H13N2O3P/c1-6(3-4-8)11(9)7(2)5-10-11/h8H,3-5H2,1-2H3. The highest BCUT2D eigenvalue weighted by molar-refractivity contribution is 7.55. The average Bonchev–Trinajstić information content (AvgIpc) is 2.01. The molecule has 1 N–H and O–H groups in total. The summed E-state index contributed by atoms with van der Waals surface area (Å²) in [5.74, 6) is 0. The molecule has 0 bridgehead atoms. The summed E-state index contributed by atoms with van der Waals surface area (Å²) < 4.78 is 19.7. The summed E-state index contributed by atoms with van der Waals surface area (Å²) in [4.78, 5) is 0. The fourth-order valence-corrected chi connectivity index (χ4v) is 2.51. The SMILES string of the molecule is CN(CCO)P1(=O)OCN1C. The lowest BCUT2D eigenvalue weighted by molar-refractivity contribution is 0.0839. The van der Waals surface area contributed by atoms with E-state index in [0.29, 0.717) is 13.3 Å². The maximum Gasteiger partial charge on any atom is 0.348 e. The molecule has 1 saturated heterocycles. The summed E-state index contributed by atoms with van der Waals surface area (Å²) in [7, 11) is 0.723. The Kier molecular flexibility index (Phi) is 2.67. The molecule has 1 heterocycles. The van der Waals surface area contributed by atoms with Crippen molar-refractivity contribution in [3.63, 3.8) is 0 Å². The summed E-state index contributed by atoms with van der Waals surface area (Å²) in [6.07, 6.45) is 0. The highest BCUT2D eigenvalue weighted by Gasteiger charge is 2.42. The van der Waals surface area contributed by atoms with Gasteiger partial charge in [0.1, 0.15) is 6.73 Å². The van der Waals surface area contributed by atoms with Gasteiger partial charge < -0.3 is 5.11 Å². The molecule has 1 atom stereocenters. The molecule has 1 aliphatic heterocycles. The first-order chi connectivity index (χ1) is 5.11. The van der Waals surface area contributed by atoms with Crippen LogP contribution in [0.15, 0.2) is 0 Å². The quantitative estimate of drug-likeness (QED) is 0.616. The molecule has 1 fully saturated rings. The van der Waals surface area contributed by atoms with Gasteiger partial charge in [-0.25, -0.2) is 4.67 Å². The Morgan fingerprint density at radius 1 is 1.82 bits per heavy atom. The molecular weight excluding hydrogens is 167 g/mol. The van der Waals surface area contributed by atoms with Gasteiger partial charge in [-0.3, -0.25) is 9.09 Å². The van der Waals surface area contributed by atoms with Crippen LogP contribution in [-0.2, 0) is 9.09 Å². The lowest BCUT2D eigenvalue weighted by atomic mass is 10.7. The molecule has 1 aliphatic rings. The molecule has 0 aromatic heterocycles. The Balaban J connectivity index is 2.51. The van der Waals surface area contributed by atoms with Gasteiger partial charge in [0.05, 0.1) is 6.61 Å². The van der Waals surface area contributed by atoms with Gasteiger partial charge in [-0.2, -0.15) is 4.67 Å². The zero-order valence-corrected chi connectivity index (χ0v) is 7.62. The van der Waals surface area contributed by atoms with Gasteiger partial charge in [0.15, 0.2) is 0 Å². The van der Waals surface area contributed by atoms with Crippen LogP contribution in [0.25, 0.3) is 0 Å². The molecule has 0 amide bonds. The first kappa shape index (κ1) is 9.16. The van der Waals surface area contributed by atoms with Crippen molar-refractivity contribution in [2.75, 3.05) is 34.0 Å². The number of aliphatic hydroxyl groups excluding tert-OH is 1. The minimum atomic E-state index is -2.68. The lowest BCUT2D eigenvalue weighted by Crippen LogP contribution is -2.39. The molecule has 0 aromatic carbocycles. The molecular formula is C5H13N2O3P. The summed E-state index contributed by atoms with van der Waals surface area (Å²) in [5.41, 5.74) is 0. The maximum absolute atomic E-state index is 11.6. The van der Waals surface area contributed by atoms with Crippen LogP contribution in [0.5, 0.6) is 0 Å². The van der Waals surface area contributed by atoms with Crippen molar-refractivity contribution in [3.8, 4) is 0 Å². The minimum Gasteiger partial charge on any atom is -0.395 e. The van der Waals surface area contributed by atoms with Crippen LogP contribution in [0, 0.1) is 0 Å². The van der Waals surface area contributed by atoms with Gasteiger partial charge in [-0.1, -0.05) is 0 Å². The summed E-state index contributed by atoms with van der Waals surface area (Å²) in [5, 5.41) is 8.57. The summed E-state index contributed by atoms with van der Waals surface area (Å²) >= 11 is 0. The highest BCUT2D eigenvalue weighted by atomic mass is 31.2. The molecule has 0 aliphatic carbocycles. The third kappa shape index (κ3) is 1.48. The lowest BCUT2D eigenvalue weighted by Gasteiger charge is -2.41. The Morgan fingerprint density at radius 3 is 2.73 bits per heavy atom. The van der Waals surface area contributed by atoms with Gasteiger partial charge in [0.25, 0.3) is 0 Å². The van der Waals surface area contributed by atoms with E-state index in [2.05, 4.69) is 0 Å². The van der Waals surface area contributed by atoms with E-state index in [-0.39, 0.29) is 6.61 Å². The van der Waals surface area contributed by atoms with E-state index in [1.807, 2.05) is 0 Å². The molecule has 6 heteroatoms. The zero-order chi connectivity index (χ0) is 8.48. The molecule has 1 unspecified atom stereocenters. The summed E-state index contributed by atoms with van der Waals surface area (Å²) in [6, 6.07) is 0. The monoisotopic (exact) mass is 180 g/mol. The van der Waals surface area contributed by atoms with Crippen molar-refractivity contribution in [1.29, 1.82) is 0 Å². The van der Waals surface area contributed by atoms with Crippen molar-refractivity contribution < 1.29 is 14.2 Å². The second-order valence-electron chi connectivity index (χ2n) is 2.51. The van der Waals surface area contributed by atoms with E-state index in [0.717, 1.165) is 0 Å². The van der Waals surface area contributed by atoms with E-state index < -0.39 is 7.67 Å². The molecule has 0 radical (unpaired) electrons. The first-order valence-corrected chi connectivity index (χ1v) is 4.93. The Hall–Kier alpha value is 0.0700. The van der Waals surface area contributed by atoms with Crippen LogP contribution in [0.1, 0.15) is 0 Å². The van der Waals surface area contributed by atoms with E-state index in [4.69, 9.17) is 9.63 Å². The van der Waals surface area contributed by atoms with Crippen LogP contribution in [0.2, 0.25) is 0 Å². The minimum absolute atomic E-state index is 0.00229. The van der Waals surface area contributed by atoms with Gasteiger partial charge in [0, 0.05) is 6.54 Å². The Bertz CT molecular complexity index is 187. The van der Waals surface area contributed by atoms with E-state index >= 15 is 0 Å². The topological polar surface area (TPSA) is 53.0 Å². The number of likely N-dealkylation sites (N-methyl/N-ethyl adjacent to an activating group) is 1. The van der Waals surface area contributed by atoms with E-state index in [1.165, 1.54) is 4.67 Å². The van der Waals surface area contributed by atoms with Crippen molar-refractivity contribution in [1.82, 2.24) is 9.34 Å². The van der Waals surface area contributed by atoms with Crippen LogP contribution in [0.4, 0.5) is 0 Å². The van der Waals surface area contributed by atoms with Crippen LogP contribution in [0.3, 0.4) is 0 Å². The predicted molar refractivity (Wildman–Crippen MR) is 41.0 cm³/mol. The third-order valence-electron chi connectivity index (χ3n) is 1.70. The van der Waals surface area contributed by atoms with Gasteiger partial charge >= 0.3 is 7.67 Å². The molecule has 11 heavy (non-hydrogen) atoms. The Labute approximate surface area is 66.1 Å². The number of hydrogen-bond acceptors (Lipinski definition) is 3. The molecule has 0 saturated carbocycles. The van der Waals surface area contributed by atoms with Crippen LogP contribution >= 0.6 is 7.67 Å². The second-order valence-corrected chi connectivity index (χ2v) is 5.12. The molecule has 0 aromatic rings. The van der Waals surface area contributed by atoms with Crippen molar-refractivity contribution in [2.45, 2.75) is 0 Å². The fourth-order valence-electron chi connectivity index (χ4n) is 0.902. The van der Waals surface area contributed by atoms with Gasteiger partial charge in [-0.05, 0) is 14.1 Å². The van der Waals surface area contributed by atoms with Crippen molar-refractivity contribution in [2.24, 2.45) is 0 Å². The second kappa shape index (κ2) is 3.21. The Morgan fingerprint density at radius 2 is 2.45 bits per heavy atom. The van der Waals surface area contributed by atoms with Gasteiger partial charge in [0.2, 0.25) is 0 Å². The number of nitrogens with zero attached hydrogens (tertiary/aromatic N) is 2. The molecule has 5 nitrogen and oxygen atoms in total. The third-order valence-corrected chi connectivity index (χ3v) is 4.19. The highest BCUT2D eigenvalue weighted by Crippen LogP contribution is 2.59. The predicted octanol–water partition coefficient (Wildman–Crippen LogP) is -0.0619. The molecule has 0 spiro atoms. The van der Waals surface area contributed by atoms with Crippen LogP contribution < -0.4 is 0 Å².